The Morgan fingerprint density at radius 3 is 2.50 bits per heavy atom. The van der Waals surface area contributed by atoms with Crippen LogP contribution in [0.25, 0.3) is 0 Å². The molecule has 0 unspecified atom stereocenters. The Morgan fingerprint density at radius 2 is 2.00 bits per heavy atom. The van der Waals surface area contributed by atoms with Crippen molar-refractivity contribution in [3.05, 3.63) is 18.3 Å². The van der Waals surface area contributed by atoms with Crippen LogP contribution in [0.5, 0.6) is 0 Å². The first-order valence-electron chi connectivity index (χ1n) is 6.75. The van der Waals surface area contributed by atoms with Crippen LogP contribution in [0.4, 0.5) is 5.82 Å². The molecule has 6 nitrogen and oxygen atoms in total. The predicted molar refractivity (Wildman–Crippen MR) is 79.3 cm³/mol. The van der Waals surface area contributed by atoms with Gasteiger partial charge in [-0.15, -0.1) is 0 Å². The van der Waals surface area contributed by atoms with E-state index in [0.29, 0.717) is 5.82 Å². The van der Waals surface area contributed by atoms with Crippen molar-refractivity contribution in [1.29, 1.82) is 0 Å². The highest BCUT2D eigenvalue weighted by atomic mass is 32.2. The summed E-state index contributed by atoms with van der Waals surface area (Å²) < 4.78 is 26.6. The Bertz CT molecular complexity index is 536. The summed E-state index contributed by atoms with van der Waals surface area (Å²) in [5.74, 6) is 0.658. The highest BCUT2D eigenvalue weighted by Gasteiger charge is 2.30. The molecule has 0 spiro atoms. The first kappa shape index (κ1) is 15.2. The number of hydrogen-bond donors (Lipinski definition) is 1. The molecule has 1 aliphatic rings. The number of nitrogens with one attached hydrogen (secondary N) is 1. The maximum Gasteiger partial charge on any atom is 0.244 e. The summed E-state index contributed by atoms with van der Waals surface area (Å²) in [6, 6.07) is 3.34. The molecule has 0 bridgehead atoms. The van der Waals surface area contributed by atoms with Gasteiger partial charge in [-0.2, -0.15) is 4.31 Å². The van der Waals surface area contributed by atoms with Gasteiger partial charge in [0.05, 0.1) is 0 Å². The lowest BCUT2D eigenvalue weighted by Crippen LogP contribution is -2.44. The van der Waals surface area contributed by atoms with E-state index in [2.05, 4.69) is 22.2 Å². The Labute approximate surface area is 120 Å². The summed E-state index contributed by atoms with van der Waals surface area (Å²) in [6.07, 6.45) is 3.15. The molecule has 112 valence electrons. The molecule has 7 heteroatoms. The number of nitrogens with zero attached hydrogens (tertiary/aromatic N) is 3. The van der Waals surface area contributed by atoms with Gasteiger partial charge in [-0.25, -0.2) is 13.4 Å². The van der Waals surface area contributed by atoms with E-state index in [4.69, 9.17) is 0 Å². The van der Waals surface area contributed by atoms with Crippen LogP contribution in [0.1, 0.15) is 12.8 Å². The van der Waals surface area contributed by atoms with Gasteiger partial charge in [-0.05, 0) is 45.1 Å². The molecule has 0 amide bonds. The second-order valence-electron chi connectivity index (χ2n) is 5.18. The van der Waals surface area contributed by atoms with Crippen LogP contribution in [-0.4, -0.2) is 62.9 Å². The summed E-state index contributed by atoms with van der Waals surface area (Å²) in [7, 11) is 2.02. The Hall–Kier alpha value is -1.18. The lowest BCUT2D eigenvalue weighted by Gasteiger charge is -2.34. The largest absolute Gasteiger partial charge is 0.373 e. The molecule has 1 aromatic heterocycles. The van der Waals surface area contributed by atoms with E-state index in [0.717, 1.165) is 25.9 Å². The van der Waals surface area contributed by atoms with Crippen LogP contribution in [0.15, 0.2) is 23.2 Å². The maximum absolute atomic E-state index is 12.6. The summed E-state index contributed by atoms with van der Waals surface area (Å²) in [6.45, 7) is 1.86. The second kappa shape index (κ2) is 6.07. The van der Waals surface area contributed by atoms with E-state index in [9.17, 15) is 8.42 Å². The number of hydrogen-bond acceptors (Lipinski definition) is 5. The minimum Gasteiger partial charge on any atom is -0.373 e. The fourth-order valence-electron chi connectivity index (χ4n) is 2.40. The number of likely N-dealkylation sites (tertiary alicyclic amines) is 1. The van der Waals surface area contributed by atoms with E-state index in [1.807, 2.05) is 0 Å². The molecule has 1 saturated heterocycles. The SMILES string of the molecule is CNc1ccc(S(=O)(=O)N(C)C2CCN(C)CC2)cn1. The summed E-state index contributed by atoms with van der Waals surface area (Å²) >= 11 is 0. The third-order valence-electron chi connectivity index (χ3n) is 3.87. The third kappa shape index (κ3) is 3.11. The molecule has 0 aliphatic carbocycles. The van der Waals surface area contributed by atoms with E-state index in [-0.39, 0.29) is 10.9 Å². The van der Waals surface area contributed by atoms with Crippen molar-refractivity contribution in [2.45, 2.75) is 23.8 Å². The van der Waals surface area contributed by atoms with Crippen LogP contribution >= 0.6 is 0 Å². The number of pyridine rings is 1. The number of aromatic nitrogens is 1. The lowest BCUT2D eigenvalue weighted by molar-refractivity contribution is 0.197. The molecular formula is C13H22N4O2S. The van der Waals surface area contributed by atoms with E-state index in [1.165, 1.54) is 10.5 Å². The van der Waals surface area contributed by atoms with Crippen LogP contribution in [-0.2, 0) is 10.0 Å². The molecule has 1 aliphatic heterocycles. The zero-order chi connectivity index (χ0) is 14.8. The molecule has 0 saturated carbocycles. The quantitative estimate of drug-likeness (QED) is 0.892. The molecule has 2 heterocycles. The first-order chi connectivity index (χ1) is 9.45. The van der Waals surface area contributed by atoms with Crippen LogP contribution in [0, 0.1) is 0 Å². The monoisotopic (exact) mass is 298 g/mol. The Kier molecular flexibility index (Phi) is 4.62. The third-order valence-corrected chi connectivity index (χ3v) is 5.77. The van der Waals surface area contributed by atoms with Gasteiger partial charge in [0.25, 0.3) is 0 Å². The maximum atomic E-state index is 12.6. The topological polar surface area (TPSA) is 65.5 Å². The second-order valence-corrected chi connectivity index (χ2v) is 7.18. The average Bonchev–Trinajstić information content (AvgIpc) is 2.47. The lowest BCUT2D eigenvalue weighted by atomic mass is 10.1. The fourth-order valence-corrected chi connectivity index (χ4v) is 3.76. The molecule has 1 aromatic rings. The molecular weight excluding hydrogens is 276 g/mol. The predicted octanol–water partition coefficient (Wildman–Crippen LogP) is 0.838. The zero-order valence-electron chi connectivity index (χ0n) is 12.2. The highest BCUT2D eigenvalue weighted by Crippen LogP contribution is 2.22. The summed E-state index contributed by atoms with van der Waals surface area (Å²) in [4.78, 5) is 6.55. The normalized spacial score (nSPS) is 18.4. The molecule has 1 N–H and O–H groups in total. The van der Waals surface area contributed by atoms with Crippen molar-refractivity contribution in [2.24, 2.45) is 0 Å². The van der Waals surface area contributed by atoms with Crippen molar-refractivity contribution >= 4 is 15.8 Å². The van der Waals surface area contributed by atoms with Crippen molar-refractivity contribution < 1.29 is 8.42 Å². The first-order valence-corrected chi connectivity index (χ1v) is 8.19. The Balaban J connectivity index is 2.16. The summed E-state index contributed by atoms with van der Waals surface area (Å²) in [5, 5.41) is 2.88. The minimum atomic E-state index is -3.46. The van der Waals surface area contributed by atoms with Gasteiger partial charge in [0.1, 0.15) is 10.7 Å². The van der Waals surface area contributed by atoms with Gasteiger partial charge < -0.3 is 10.2 Å². The van der Waals surface area contributed by atoms with Gasteiger partial charge in [-0.3, -0.25) is 0 Å². The average molecular weight is 298 g/mol. The van der Waals surface area contributed by atoms with E-state index >= 15 is 0 Å². The van der Waals surface area contributed by atoms with Gasteiger partial charge in [0.2, 0.25) is 10.0 Å². The number of piperidine rings is 1. The van der Waals surface area contributed by atoms with Gasteiger partial charge in [0, 0.05) is 26.3 Å². The van der Waals surface area contributed by atoms with E-state index < -0.39 is 10.0 Å². The van der Waals surface area contributed by atoms with E-state index in [1.54, 1.807) is 26.2 Å². The van der Waals surface area contributed by atoms with Crippen LogP contribution in [0.3, 0.4) is 0 Å². The molecule has 1 fully saturated rings. The smallest absolute Gasteiger partial charge is 0.244 e. The standard InChI is InChI=1S/C13H22N4O2S/c1-14-13-5-4-12(10-15-13)20(18,19)17(3)11-6-8-16(2)9-7-11/h4-5,10-11H,6-9H2,1-3H3,(H,14,15). The van der Waals surface area contributed by atoms with Crippen molar-refractivity contribution in [3.63, 3.8) is 0 Å². The fraction of sp³-hybridized carbons (Fsp3) is 0.615. The molecule has 0 atom stereocenters. The van der Waals surface area contributed by atoms with Crippen molar-refractivity contribution in [1.82, 2.24) is 14.2 Å². The van der Waals surface area contributed by atoms with Crippen LogP contribution < -0.4 is 5.32 Å². The van der Waals surface area contributed by atoms with Gasteiger partial charge in [0.15, 0.2) is 0 Å². The molecule has 0 radical (unpaired) electrons. The van der Waals surface area contributed by atoms with Crippen molar-refractivity contribution in [3.8, 4) is 0 Å². The molecule has 0 aromatic carbocycles. The van der Waals surface area contributed by atoms with Crippen molar-refractivity contribution in [2.75, 3.05) is 39.5 Å². The number of anilines is 1. The summed E-state index contributed by atoms with van der Waals surface area (Å²) in [5.41, 5.74) is 0. The zero-order valence-corrected chi connectivity index (χ0v) is 13.0. The molecule has 2 rings (SSSR count). The number of rotatable bonds is 4. The van der Waals surface area contributed by atoms with Crippen LogP contribution in [0.2, 0.25) is 0 Å². The molecule has 20 heavy (non-hydrogen) atoms. The highest BCUT2D eigenvalue weighted by molar-refractivity contribution is 7.89. The Morgan fingerprint density at radius 1 is 1.35 bits per heavy atom. The van der Waals surface area contributed by atoms with Gasteiger partial charge in [-0.1, -0.05) is 0 Å². The number of sulfonamides is 1. The van der Waals surface area contributed by atoms with Gasteiger partial charge >= 0.3 is 0 Å². The minimum absolute atomic E-state index is 0.0696.